The van der Waals surface area contributed by atoms with Gasteiger partial charge in [0, 0.05) is 22.2 Å². The molecule has 156 valence electrons. The average molecular weight is 434 g/mol. The van der Waals surface area contributed by atoms with Crippen LogP contribution in [0.2, 0.25) is 5.02 Å². The summed E-state index contributed by atoms with van der Waals surface area (Å²) in [5.41, 5.74) is 4.68. The zero-order valence-electron chi connectivity index (χ0n) is 17.1. The van der Waals surface area contributed by atoms with Crippen molar-refractivity contribution < 1.29 is 13.9 Å². The summed E-state index contributed by atoms with van der Waals surface area (Å²) in [6.07, 6.45) is 0. The van der Waals surface area contributed by atoms with E-state index in [1.807, 2.05) is 61.5 Å². The molecule has 0 spiro atoms. The molecule has 5 rings (SSSR count). The first-order valence-corrected chi connectivity index (χ1v) is 10.3. The number of rotatable bonds is 3. The lowest BCUT2D eigenvalue weighted by atomic mass is 9.99. The Morgan fingerprint density at radius 3 is 2.58 bits per heavy atom. The summed E-state index contributed by atoms with van der Waals surface area (Å²) in [5, 5.41) is 1.56. The number of anilines is 1. The van der Waals surface area contributed by atoms with E-state index in [0.717, 1.165) is 44.8 Å². The fourth-order valence-corrected chi connectivity index (χ4v) is 4.06. The van der Waals surface area contributed by atoms with Crippen LogP contribution in [-0.4, -0.2) is 13.8 Å². The van der Waals surface area contributed by atoms with Gasteiger partial charge in [-0.05, 0) is 60.0 Å². The molecule has 1 aliphatic heterocycles. The highest BCUT2D eigenvalue weighted by Gasteiger charge is 2.23. The van der Waals surface area contributed by atoms with Gasteiger partial charge in [-0.1, -0.05) is 29.8 Å². The molecule has 0 radical (unpaired) electrons. The van der Waals surface area contributed by atoms with Gasteiger partial charge in [0.1, 0.15) is 17.1 Å². The number of ether oxygens (including phenoxy) is 2. The Kier molecular flexibility index (Phi) is 4.83. The van der Waals surface area contributed by atoms with Crippen molar-refractivity contribution in [2.75, 3.05) is 18.7 Å². The van der Waals surface area contributed by atoms with Gasteiger partial charge in [-0.3, -0.25) is 0 Å². The lowest BCUT2D eigenvalue weighted by Crippen LogP contribution is -2.32. The number of methoxy groups -OCH3 is 1. The molecule has 0 saturated carbocycles. The minimum atomic E-state index is -0.401. The van der Waals surface area contributed by atoms with Crippen LogP contribution < -0.4 is 20.0 Å². The number of fused-ring (bicyclic) bond motifs is 3. The molecule has 0 saturated heterocycles. The minimum Gasteiger partial charge on any atom is -0.497 e. The van der Waals surface area contributed by atoms with Gasteiger partial charge < -0.3 is 18.8 Å². The van der Waals surface area contributed by atoms with Crippen LogP contribution in [0.1, 0.15) is 11.1 Å². The highest BCUT2D eigenvalue weighted by molar-refractivity contribution is 6.31. The van der Waals surface area contributed by atoms with Crippen LogP contribution in [0.5, 0.6) is 11.5 Å². The molecule has 0 N–H and O–H groups in total. The summed E-state index contributed by atoms with van der Waals surface area (Å²) in [6, 6.07) is 18.9. The molecule has 0 fully saturated rings. The minimum absolute atomic E-state index is 0.389. The highest BCUT2D eigenvalue weighted by Crippen LogP contribution is 2.38. The number of benzene rings is 3. The average Bonchev–Trinajstić information content (AvgIpc) is 2.80. The van der Waals surface area contributed by atoms with Crippen molar-refractivity contribution in [2.24, 2.45) is 0 Å². The van der Waals surface area contributed by atoms with E-state index in [9.17, 15) is 4.79 Å². The maximum Gasteiger partial charge on any atom is 0.336 e. The Hall–Kier alpha value is -3.44. The lowest BCUT2D eigenvalue weighted by Gasteiger charge is -2.31. The second-order valence-electron chi connectivity index (χ2n) is 7.53. The van der Waals surface area contributed by atoms with Crippen molar-refractivity contribution in [1.29, 1.82) is 0 Å². The molecule has 0 amide bonds. The summed E-state index contributed by atoms with van der Waals surface area (Å²) >= 11 is 6.32. The van der Waals surface area contributed by atoms with Crippen LogP contribution in [0.15, 0.2) is 69.9 Å². The Morgan fingerprint density at radius 2 is 1.84 bits per heavy atom. The van der Waals surface area contributed by atoms with E-state index in [4.69, 9.17) is 25.5 Å². The molecule has 1 aromatic heterocycles. The fourth-order valence-electron chi connectivity index (χ4n) is 3.89. The Morgan fingerprint density at radius 1 is 1.03 bits per heavy atom. The van der Waals surface area contributed by atoms with Gasteiger partial charge in [0.2, 0.25) is 0 Å². The standard InChI is InChI=1S/C25H20ClNO4/c1-15-3-6-17(11-22(15)26)27-13-21-23(30-14-27)10-9-19-20(12-24(28)31-25(19)21)16-4-7-18(29-2)8-5-16/h3-12H,13-14H2,1-2H3. The van der Waals surface area contributed by atoms with Crippen molar-refractivity contribution in [3.63, 3.8) is 0 Å². The van der Waals surface area contributed by atoms with Gasteiger partial charge >= 0.3 is 5.63 Å². The maximum atomic E-state index is 12.5. The molecule has 3 aromatic carbocycles. The van der Waals surface area contributed by atoms with Crippen LogP contribution in [0, 0.1) is 6.92 Å². The van der Waals surface area contributed by atoms with E-state index < -0.39 is 5.63 Å². The predicted octanol–water partition coefficient (Wildman–Crippen LogP) is 5.79. The van der Waals surface area contributed by atoms with Gasteiger partial charge in [0.15, 0.2) is 6.73 Å². The summed E-state index contributed by atoms with van der Waals surface area (Å²) in [7, 11) is 1.63. The summed E-state index contributed by atoms with van der Waals surface area (Å²) in [6.45, 7) is 2.90. The third-order valence-corrected chi connectivity index (χ3v) is 6.03. The van der Waals surface area contributed by atoms with Crippen LogP contribution in [-0.2, 0) is 6.54 Å². The summed E-state index contributed by atoms with van der Waals surface area (Å²) < 4.78 is 16.9. The van der Waals surface area contributed by atoms with Gasteiger partial charge in [-0.2, -0.15) is 0 Å². The van der Waals surface area contributed by atoms with E-state index >= 15 is 0 Å². The maximum absolute atomic E-state index is 12.5. The van der Waals surface area contributed by atoms with E-state index in [2.05, 4.69) is 4.90 Å². The largest absolute Gasteiger partial charge is 0.497 e. The number of aryl methyl sites for hydroxylation is 1. The normalized spacial score (nSPS) is 13.1. The van der Waals surface area contributed by atoms with Gasteiger partial charge in [-0.15, -0.1) is 0 Å². The smallest absolute Gasteiger partial charge is 0.336 e. The molecule has 6 heteroatoms. The predicted molar refractivity (Wildman–Crippen MR) is 122 cm³/mol. The number of halogens is 1. The third kappa shape index (κ3) is 3.51. The topological polar surface area (TPSA) is 51.9 Å². The van der Waals surface area contributed by atoms with Gasteiger partial charge in [0.05, 0.1) is 19.2 Å². The Bertz CT molecular complexity index is 1340. The first-order valence-electron chi connectivity index (χ1n) is 9.91. The molecule has 0 aliphatic carbocycles. The van der Waals surface area contributed by atoms with Crippen molar-refractivity contribution in [3.8, 4) is 22.6 Å². The molecule has 5 nitrogen and oxygen atoms in total. The van der Waals surface area contributed by atoms with Crippen molar-refractivity contribution in [2.45, 2.75) is 13.5 Å². The van der Waals surface area contributed by atoms with Gasteiger partial charge in [-0.25, -0.2) is 4.79 Å². The molecule has 4 aromatic rings. The number of hydrogen-bond donors (Lipinski definition) is 0. The second-order valence-corrected chi connectivity index (χ2v) is 7.94. The SMILES string of the molecule is COc1ccc(-c2cc(=O)oc3c4c(ccc23)OCN(c2ccc(C)c(Cl)c2)C4)cc1. The van der Waals surface area contributed by atoms with Crippen LogP contribution in [0.25, 0.3) is 22.1 Å². The zero-order valence-corrected chi connectivity index (χ0v) is 17.9. The molecular weight excluding hydrogens is 414 g/mol. The molecule has 0 atom stereocenters. The Labute approximate surface area is 184 Å². The van der Waals surface area contributed by atoms with Gasteiger partial charge in [0.25, 0.3) is 0 Å². The lowest BCUT2D eigenvalue weighted by molar-refractivity contribution is 0.289. The van der Waals surface area contributed by atoms with E-state index in [1.54, 1.807) is 7.11 Å². The van der Waals surface area contributed by atoms with E-state index in [-0.39, 0.29) is 0 Å². The van der Waals surface area contributed by atoms with E-state index in [0.29, 0.717) is 23.9 Å². The quantitative estimate of drug-likeness (QED) is 0.383. The molecule has 1 aliphatic rings. The molecule has 0 bridgehead atoms. The first kappa shape index (κ1) is 19.5. The van der Waals surface area contributed by atoms with Crippen molar-refractivity contribution in [3.05, 3.63) is 87.2 Å². The monoisotopic (exact) mass is 433 g/mol. The zero-order chi connectivity index (χ0) is 21.5. The van der Waals surface area contributed by atoms with E-state index in [1.165, 1.54) is 6.07 Å². The highest BCUT2D eigenvalue weighted by atomic mass is 35.5. The number of nitrogens with zero attached hydrogens (tertiary/aromatic N) is 1. The van der Waals surface area contributed by atoms with Crippen molar-refractivity contribution in [1.82, 2.24) is 0 Å². The Balaban J connectivity index is 1.62. The fraction of sp³-hybridized carbons (Fsp3) is 0.160. The summed E-state index contributed by atoms with van der Waals surface area (Å²) in [5.74, 6) is 1.48. The van der Waals surface area contributed by atoms with Crippen LogP contribution in [0.4, 0.5) is 5.69 Å². The second kappa shape index (κ2) is 7.67. The molecule has 31 heavy (non-hydrogen) atoms. The molecular formula is C25H20ClNO4. The molecule has 0 unspecified atom stereocenters. The third-order valence-electron chi connectivity index (χ3n) is 5.62. The van der Waals surface area contributed by atoms with Crippen molar-refractivity contribution >= 4 is 28.3 Å². The summed E-state index contributed by atoms with van der Waals surface area (Å²) in [4.78, 5) is 14.5. The first-order chi connectivity index (χ1) is 15.0. The van der Waals surface area contributed by atoms with Crippen LogP contribution in [0.3, 0.4) is 0 Å². The molecule has 2 heterocycles. The van der Waals surface area contributed by atoms with Crippen LogP contribution >= 0.6 is 11.6 Å². The number of hydrogen-bond acceptors (Lipinski definition) is 5.